The van der Waals surface area contributed by atoms with Crippen LogP contribution in [0, 0.1) is 0 Å². The Labute approximate surface area is 121 Å². The Kier molecular flexibility index (Phi) is 5.56. The molecule has 0 unspecified atom stereocenters. The fraction of sp³-hybridized carbons (Fsp3) is 0.562. The number of ketones is 1. The van der Waals surface area contributed by atoms with E-state index in [1.165, 1.54) is 26.2 Å². The third-order valence-electron chi connectivity index (χ3n) is 4.01. The quantitative estimate of drug-likeness (QED) is 0.521. The van der Waals surface area contributed by atoms with Gasteiger partial charge in [-0.1, -0.05) is 12.1 Å². The van der Waals surface area contributed by atoms with Gasteiger partial charge in [0.05, 0.1) is 25.8 Å². The fourth-order valence-corrected chi connectivity index (χ4v) is 2.67. The van der Waals surface area contributed by atoms with Gasteiger partial charge in [-0.2, -0.15) is 0 Å². The van der Waals surface area contributed by atoms with E-state index in [1.807, 2.05) is 24.3 Å². The van der Waals surface area contributed by atoms with Gasteiger partial charge in [-0.25, -0.2) is 0 Å². The second-order valence-corrected chi connectivity index (χ2v) is 5.71. The molecule has 1 aliphatic heterocycles. The lowest BCUT2D eigenvalue weighted by Crippen LogP contribution is -3.27. The van der Waals surface area contributed by atoms with Crippen molar-refractivity contribution in [2.45, 2.75) is 13.3 Å². The van der Waals surface area contributed by atoms with Crippen molar-refractivity contribution in [1.29, 1.82) is 0 Å². The van der Waals surface area contributed by atoms with Crippen LogP contribution >= 0.6 is 0 Å². The maximum Gasteiger partial charge on any atom is 0.163 e. The highest BCUT2D eigenvalue weighted by atomic mass is 16.5. The summed E-state index contributed by atoms with van der Waals surface area (Å²) < 4.78 is 5.77. The van der Waals surface area contributed by atoms with Crippen molar-refractivity contribution < 1.29 is 19.3 Å². The number of likely N-dealkylation sites (N-methyl/N-ethyl adjacent to an activating group) is 1. The molecule has 0 amide bonds. The van der Waals surface area contributed by atoms with Crippen molar-refractivity contribution in [3.8, 4) is 5.75 Å². The van der Waals surface area contributed by atoms with Crippen LogP contribution in [-0.2, 0) is 0 Å². The molecular weight excluding hydrogens is 252 g/mol. The minimum absolute atomic E-state index is 0.0632. The summed E-state index contributed by atoms with van der Waals surface area (Å²) in [5.41, 5.74) is 0.683. The Bertz CT molecular complexity index is 440. The molecule has 0 atom stereocenters. The number of benzene rings is 1. The molecule has 1 fully saturated rings. The van der Waals surface area contributed by atoms with Gasteiger partial charge < -0.3 is 14.5 Å². The van der Waals surface area contributed by atoms with Crippen LogP contribution in [0.15, 0.2) is 24.3 Å². The van der Waals surface area contributed by atoms with Crippen molar-refractivity contribution >= 4 is 5.78 Å². The second kappa shape index (κ2) is 7.41. The van der Waals surface area contributed by atoms with Gasteiger partial charge in [0.2, 0.25) is 0 Å². The number of nitrogens with one attached hydrogen (secondary N) is 2. The van der Waals surface area contributed by atoms with Crippen LogP contribution in [0.25, 0.3) is 0 Å². The Morgan fingerprint density at radius 2 is 1.90 bits per heavy atom. The molecule has 4 nitrogen and oxygen atoms in total. The highest BCUT2D eigenvalue weighted by molar-refractivity contribution is 5.96. The fourth-order valence-electron chi connectivity index (χ4n) is 2.67. The third kappa shape index (κ3) is 4.32. The third-order valence-corrected chi connectivity index (χ3v) is 4.01. The van der Waals surface area contributed by atoms with E-state index in [2.05, 4.69) is 7.05 Å². The summed E-state index contributed by atoms with van der Waals surface area (Å²) in [6, 6.07) is 7.49. The van der Waals surface area contributed by atoms with Crippen molar-refractivity contribution in [3.63, 3.8) is 0 Å². The summed E-state index contributed by atoms with van der Waals surface area (Å²) >= 11 is 0. The van der Waals surface area contributed by atoms with Crippen molar-refractivity contribution in [2.75, 3.05) is 46.4 Å². The van der Waals surface area contributed by atoms with Crippen LogP contribution in [0.4, 0.5) is 0 Å². The largest absolute Gasteiger partial charge is 0.493 e. The first-order valence-corrected chi connectivity index (χ1v) is 7.54. The lowest BCUT2D eigenvalue weighted by atomic mass is 10.1. The van der Waals surface area contributed by atoms with Gasteiger partial charge in [-0.3, -0.25) is 4.79 Å². The second-order valence-electron chi connectivity index (χ2n) is 5.71. The lowest BCUT2D eigenvalue weighted by molar-refractivity contribution is -1.00. The number of piperazine rings is 1. The maximum atomic E-state index is 11.5. The van der Waals surface area contributed by atoms with E-state index in [4.69, 9.17) is 4.74 Å². The minimum Gasteiger partial charge on any atom is -0.493 e. The number of hydrogen-bond donors (Lipinski definition) is 2. The molecule has 0 saturated carbocycles. The Morgan fingerprint density at radius 3 is 2.60 bits per heavy atom. The first-order valence-electron chi connectivity index (χ1n) is 7.54. The molecule has 0 radical (unpaired) electrons. The van der Waals surface area contributed by atoms with E-state index < -0.39 is 0 Å². The molecule has 0 aliphatic carbocycles. The van der Waals surface area contributed by atoms with Gasteiger partial charge >= 0.3 is 0 Å². The molecule has 2 N–H and O–H groups in total. The topological polar surface area (TPSA) is 35.2 Å². The predicted molar refractivity (Wildman–Crippen MR) is 78.7 cm³/mol. The summed E-state index contributed by atoms with van der Waals surface area (Å²) in [6.45, 7) is 8.49. The summed E-state index contributed by atoms with van der Waals surface area (Å²) in [5, 5.41) is 0. The van der Waals surface area contributed by atoms with Crippen LogP contribution in [0.1, 0.15) is 23.7 Å². The van der Waals surface area contributed by atoms with Crippen LogP contribution in [0.3, 0.4) is 0 Å². The molecule has 4 heteroatoms. The SMILES string of the molecule is CC(=O)c1ccccc1OCCC[NH+]1CC[NH+](C)CC1. The van der Waals surface area contributed by atoms with E-state index >= 15 is 0 Å². The average molecular weight is 278 g/mol. The zero-order valence-corrected chi connectivity index (χ0v) is 12.6. The lowest BCUT2D eigenvalue weighted by Gasteiger charge is -2.27. The molecule has 1 aromatic rings. The number of Topliss-reactive ketones (excluding diaryl/α,β-unsaturated/α-hetero) is 1. The van der Waals surface area contributed by atoms with Gasteiger partial charge in [0, 0.05) is 6.42 Å². The molecule has 20 heavy (non-hydrogen) atoms. The van der Waals surface area contributed by atoms with Gasteiger partial charge in [0.15, 0.2) is 5.78 Å². The monoisotopic (exact) mass is 278 g/mol. The van der Waals surface area contributed by atoms with Gasteiger partial charge in [0.1, 0.15) is 31.9 Å². The van der Waals surface area contributed by atoms with Gasteiger partial charge in [-0.05, 0) is 19.1 Å². The molecule has 0 bridgehead atoms. The van der Waals surface area contributed by atoms with Crippen molar-refractivity contribution in [3.05, 3.63) is 29.8 Å². The maximum absolute atomic E-state index is 11.5. The highest BCUT2D eigenvalue weighted by Crippen LogP contribution is 2.18. The number of ether oxygens (including phenoxy) is 1. The van der Waals surface area contributed by atoms with E-state index in [1.54, 1.807) is 16.7 Å². The van der Waals surface area contributed by atoms with E-state index in [0.717, 1.165) is 18.7 Å². The smallest absolute Gasteiger partial charge is 0.163 e. The normalized spacial score (nSPS) is 22.5. The average Bonchev–Trinajstić information content (AvgIpc) is 2.46. The number of carbonyl (C=O) groups is 1. The number of quaternary nitrogens is 2. The Hall–Kier alpha value is -1.39. The molecular formula is C16H26N2O2+2. The zero-order valence-electron chi connectivity index (χ0n) is 12.6. The van der Waals surface area contributed by atoms with E-state index in [-0.39, 0.29) is 5.78 Å². The number of hydrogen-bond acceptors (Lipinski definition) is 2. The van der Waals surface area contributed by atoms with E-state index in [9.17, 15) is 4.79 Å². The number of carbonyl (C=O) groups excluding carboxylic acids is 1. The molecule has 0 aromatic heterocycles. The van der Waals surface area contributed by atoms with Crippen LogP contribution in [0.5, 0.6) is 5.75 Å². The minimum atomic E-state index is 0.0632. The summed E-state index contributed by atoms with van der Waals surface area (Å²) in [5.74, 6) is 0.783. The molecule has 110 valence electrons. The zero-order chi connectivity index (χ0) is 14.4. The van der Waals surface area contributed by atoms with Gasteiger partial charge in [-0.15, -0.1) is 0 Å². The first kappa shape index (κ1) is 15.0. The first-order chi connectivity index (χ1) is 9.66. The molecule has 1 heterocycles. The van der Waals surface area contributed by atoms with Crippen LogP contribution in [0.2, 0.25) is 0 Å². The standard InChI is InChI=1S/C16H24N2O2/c1-14(19)15-6-3-4-7-16(15)20-13-5-8-18-11-9-17(2)10-12-18/h3-4,6-7H,5,8-13H2,1-2H3/p+2. The highest BCUT2D eigenvalue weighted by Gasteiger charge is 2.19. The summed E-state index contributed by atoms with van der Waals surface area (Å²) in [7, 11) is 2.26. The number of rotatable bonds is 6. The number of para-hydroxylation sites is 1. The van der Waals surface area contributed by atoms with Crippen molar-refractivity contribution in [1.82, 2.24) is 0 Å². The molecule has 1 aromatic carbocycles. The Morgan fingerprint density at radius 1 is 1.20 bits per heavy atom. The van der Waals surface area contributed by atoms with Crippen LogP contribution < -0.4 is 14.5 Å². The molecule has 1 saturated heterocycles. The Balaban J connectivity index is 1.72. The van der Waals surface area contributed by atoms with E-state index in [0.29, 0.717) is 12.2 Å². The summed E-state index contributed by atoms with van der Waals surface area (Å²) in [4.78, 5) is 14.8. The van der Waals surface area contributed by atoms with Crippen molar-refractivity contribution in [2.24, 2.45) is 0 Å². The molecule has 1 aliphatic rings. The predicted octanol–water partition coefficient (Wildman–Crippen LogP) is -0.929. The molecule has 2 rings (SSSR count). The van der Waals surface area contributed by atoms with Crippen LogP contribution in [-0.4, -0.2) is 52.2 Å². The molecule has 0 spiro atoms. The van der Waals surface area contributed by atoms with Gasteiger partial charge in [0.25, 0.3) is 0 Å². The summed E-state index contributed by atoms with van der Waals surface area (Å²) in [6.07, 6.45) is 1.04.